The van der Waals surface area contributed by atoms with Crippen LogP contribution >= 0.6 is 0 Å². The molecule has 5 heteroatoms. The smallest absolute Gasteiger partial charge is 0.243 e. The first-order valence-corrected chi connectivity index (χ1v) is 6.04. The largest absolute Gasteiger partial charge is 0.497 e. The van der Waals surface area contributed by atoms with E-state index in [9.17, 15) is 0 Å². The summed E-state index contributed by atoms with van der Waals surface area (Å²) in [5.41, 5.74) is 1.14. The second-order valence-electron chi connectivity index (χ2n) is 4.37. The molecule has 1 atom stereocenters. The quantitative estimate of drug-likeness (QED) is 0.888. The predicted molar refractivity (Wildman–Crippen MR) is 65.5 cm³/mol. The molecule has 0 saturated carbocycles. The molecule has 1 aliphatic heterocycles. The van der Waals surface area contributed by atoms with Crippen molar-refractivity contribution in [3.05, 3.63) is 41.5 Å². The summed E-state index contributed by atoms with van der Waals surface area (Å²) < 4.78 is 10.4. The molecule has 1 saturated heterocycles. The summed E-state index contributed by atoms with van der Waals surface area (Å²) in [5, 5.41) is 7.24. The third-order valence-corrected chi connectivity index (χ3v) is 3.13. The molecule has 2 aromatic rings. The molecular weight excluding hydrogens is 230 g/mol. The van der Waals surface area contributed by atoms with Crippen LogP contribution in [0.5, 0.6) is 5.75 Å². The Balaban J connectivity index is 1.69. The minimum absolute atomic E-state index is 0.252. The molecule has 0 spiro atoms. The standard InChI is InChI=1S/C13H15N3O2/c1-17-10-4-2-9(3-5-10)8-12-15-13(18-16-12)11-6-7-14-11/h2-5,11,14H,6-8H2,1H3/t11-/m1/s1. The number of ether oxygens (including phenoxy) is 1. The number of nitrogens with one attached hydrogen (secondary N) is 1. The van der Waals surface area contributed by atoms with Gasteiger partial charge in [0.05, 0.1) is 13.2 Å². The third-order valence-electron chi connectivity index (χ3n) is 3.13. The zero-order valence-electron chi connectivity index (χ0n) is 10.2. The van der Waals surface area contributed by atoms with Crippen LogP contribution in [0, 0.1) is 0 Å². The first kappa shape index (κ1) is 11.2. The molecule has 2 heterocycles. The molecular formula is C13H15N3O2. The van der Waals surface area contributed by atoms with Crippen LogP contribution in [0.1, 0.15) is 29.7 Å². The second-order valence-corrected chi connectivity index (χ2v) is 4.37. The molecule has 1 fully saturated rings. The highest BCUT2D eigenvalue weighted by atomic mass is 16.5. The van der Waals surface area contributed by atoms with Crippen LogP contribution in [0.2, 0.25) is 0 Å². The topological polar surface area (TPSA) is 60.2 Å². The average Bonchev–Trinajstić information content (AvgIpc) is 2.76. The molecule has 1 aromatic carbocycles. The molecule has 94 valence electrons. The Morgan fingerprint density at radius 3 is 2.78 bits per heavy atom. The van der Waals surface area contributed by atoms with Crippen molar-refractivity contribution in [3.8, 4) is 5.75 Å². The second kappa shape index (κ2) is 4.78. The zero-order chi connectivity index (χ0) is 12.4. The fourth-order valence-corrected chi connectivity index (χ4v) is 1.91. The lowest BCUT2D eigenvalue weighted by molar-refractivity contribution is 0.272. The molecule has 0 unspecified atom stereocenters. The van der Waals surface area contributed by atoms with E-state index >= 15 is 0 Å². The van der Waals surface area contributed by atoms with Crippen LogP contribution in [-0.4, -0.2) is 23.8 Å². The molecule has 0 aliphatic carbocycles. The summed E-state index contributed by atoms with van der Waals surface area (Å²) in [7, 11) is 1.66. The van der Waals surface area contributed by atoms with Gasteiger partial charge in [0.15, 0.2) is 5.82 Å². The van der Waals surface area contributed by atoms with Gasteiger partial charge in [-0.25, -0.2) is 0 Å². The molecule has 5 nitrogen and oxygen atoms in total. The van der Waals surface area contributed by atoms with Crippen molar-refractivity contribution < 1.29 is 9.26 Å². The van der Waals surface area contributed by atoms with Crippen molar-refractivity contribution >= 4 is 0 Å². The van der Waals surface area contributed by atoms with E-state index in [-0.39, 0.29) is 6.04 Å². The summed E-state index contributed by atoms with van der Waals surface area (Å²) in [6, 6.07) is 8.14. The maximum atomic E-state index is 5.24. The summed E-state index contributed by atoms with van der Waals surface area (Å²) >= 11 is 0. The first-order chi connectivity index (χ1) is 8.85. The average molecular weight is 245 g/mol. The van der Waals surface area contributed by atoms with Crippen LogP contribution in [0.3, 0.4) is 0 Å². The van der Waals surface area contributed by atoms with Crippen molar-refractivity contribution in [2.24, 2.45) is 0 Å². The molecule has 1 N–H and O–H groups in total. The molecule has 18 heavy (non-hydrogen) atoms. The van der Waals surface area contributed by atoms with Gasteiger partial charge in [0.2, 0.25) is 5.89 Å². The van der Waals surface area contributed by atoms with Gasteiger partial charge < -0.3 is 14.6 Å². The van der Waals surface area contributed by atoms with E-state index in [0.717, 1.165) is 30.1 Å². The van der Waals surface area contributed by atoms with Crippen molar-refractivity contribution in [1.82, 2.24) is 15.5 Å². The van der Waals surface area contributed by atoms with Crippen molar-refractivity contribution in [2.75, 3.05) is 13.7 Å². The fourth-order valence-electron chi connectivity index (χ4n) is 1.91. The van der Waals surface area contributed by atoms with E-state index in [2.05, 4.69) is 15.5 Å². The van der Waals surface area contributed by atoms with Crippen molar-refractivity contribution in [1.29, 1.82) is 0 Å². The van der Waals surface area contributed by atoms with Crippen LogP contribution in [0.15, 0.2) is 28.8 Å². The van der Waals surface area contributed by atoms with Crippen molar-refractivity contribution in [2.45, 2.75) is 18.9 Å². The number of rotatable bonds is 4. The number of aromatic nitrogens is 2. The minimum atomic E-state index is 0.252. The highest BCUT2D eigenvalue weighted by Gasteiger charge is 2.24. The highest BCUT2D eigenvalue weighted by Crippen LogP contribution is 2.21. The lowest BCUT2D eigenvalue weighted by atomic mass is 10.1. The molecule has 0 bridgehead atoms. The number of methoxy groups -OCH3 is 1. The van der Waals surface area contributed by atoms with Crippen LogP contribution < -0.4 is 10.1 Å². The van der Waals surface area contributed by atoms with E-state index < -0.39 is 0 Å². The number of benzene rings is 1. The SMILES string of the molecule is COc1ccc(Cc2noc([C@H]3CCN3)n2)cc1. The summed E-state index contributed by atoms with van der Waals surface area (Å²) in [6.45, 7) is 1.03. The third kappa shape index (κ3) is 2.22. The van der Waals surface area contributed by atoms with Gasteiger partial charge in [-0.05, 0) is 30.7 Å². The Kier molecular flexibility index (Phi) is 2.98. The van der Waals surface area contributed by atoms with E-state index in [1.807, 2.05) is 24.3 Å². The van der Waals surface area contributed by atoms with Crippen LogP contribution in [0.25, 0.3) is 0 Å². The van der Waals surface area contributed by atoms with Gasteiger partial charge in [0, 0.05) is 6.42 Å². The summed E-state index contributed by atoms with van der Waals surface area (Å²) in [4.78, 5) is 4.40. The number of hydrogen-bond acceptors (Lipinski definition) is 5. The lowest BCUT2D eigenvalue weighted by Crippen LogP contribution is -2.35. The minimum Gasteiger partial charge on any atom is -0.497 e. The Hall–Kier alpha value is -1.88. The molecule has 3 rings (SSSR count). The van der Waals surface area contributed by atoms with Gasteiger partial charge in [0.1, 0.15) is 5.75 Å². The van der Waals surface area contributed by atoms with Crippen LogP contribution in [-0.2, 0) is 6.42 Å². The fraction of sp³-hybridized carbons (Fsp3) is 0.385. The van der Waals surface area contributed by atoms with Gasteiger partial charge in [-0.15, -0.1) is 0 Å². The number of hydrogen-bond donors (Lipinski definition) is 1. The monoisotopic (exact) mass is 245 g/mol. The maximum Gasteiger partial charge on any atom is 0.243 e. The van der Waals surface area contributed by atoms with Gasteiger partial charge in [0.25, 0.3) is 0 Å². The Bertz CT molecular complexity index is 517. The molecule has 0 amide bonds. The van der Waals surface area contributed by atoms with Gasteiger partial charge >= 0.3 is 0 Å². The molecule has 1 aromatic heterocycles. The van der Waals surface area contributed by atoms with Gasteiger partial charge in [-0.2, -0.15) is 4.98 Å². The Morgan fingerprint density at radius 1 is 1.39 bits per heavy atom. The highest BCUT2D eigenvalue weighted by molar-refractivity contribution is 5.28. The van der Waals surface area contributed by atoms with Crippen LogP contribution in [0.4, 0.5) is 0 Å². The Morgan fingerprint density at radius 2 is 2.17 bits per heavy atom. The van der Waals surface area contributed by atoms with Gasteiger partial charge in [-0.3, -0.25) is 0 Å². The lowest BCUT2D eigenvalue weighted by Gasteiger charge is -2.23. The maximum absolute atomic E-state index is 5.24. The first-order valence-electron chi connectivity index (χ1n) is 6.04. The van der Waals surface area contributed by atoms with E-state index in [4.69, 9.17) is 9.26 Å². The summed E-state index contributed by atoms with van der Waals surface area (Å²) in [5.74, 6) is 2.28. The van der Waals surface area contributed by atoms with E-state index in [1.165, 1.54) is 0 Å². The van der Waals surface area contributed by atoms with E-state index in [0.29, 0.717) is 12.3 Å². The number of nitrogens with zero attached hydrogens (tertiary/aromatic N) is 2. The predicted octanol–water partition coefficient (Wildman–Crippen LogP) is 1.70. The van der Waals surface area contributed by atoms with Crippen molar-refractivity contribution in [3.63, 3.8) is 0 Å². The Labute approximate surface area is 105 Å². The molecule has 1 aliphatic rings. The van der Waals surface area contributed by atoms with E-state index in [1.54, 1.807) is 7.11 Å². The van der Waals surface area contributed by atoms with Gasteiger partial charge in [-0.1, -0.05) is 17.3 Å². The molecule has 0 radical (unpaired) electrons. The normalized spacial score (nSPS) is 18.4. The zero-order valence-corrected chi connectivity index (χ0v) is 10.2. The summed E-state index contributed by atoms with van der Waals surface area (Å²) in [6.07, 6.45) is 1.75.